The van der Waals surface area contributed by atoms with E-state index in [-0.39, 0.29) is 27.7 Å². The lowest BCUT2D eigenvalue weighted by atomic mass is 10.0. The fourth-order valence-electron chi connectivity index (χ4n) is 4.32. The maximum Gasteiger partial charge on any atom is 0.305 e. The number of benzene rings is 1. The summed E-state index contributed by atoms with van der Waals surface area (Å²) in [7, 11) is 0. The molecule has 1 atom stereocenters. The number of carboxylic acid groups (broad SMARTS) is 1. The molecule has 1 aliphatic heterocycles. The van der Waals surface area contributed by atoms with Crippen LogP contribution >= 0.6 is 23.2 Å². The second-order valence-corrected chi connectivity index (χ2v) is 9.47. The molecular formula is C25H25Cl2N5O5. The second-order valence-electron chi connectivity index (χ2n) is 8.65. The van der Waals surface area contributed by atoms with Crippen molar-refractivity contribution < 1.29 is 14.7 Å². The molecule has 0 spiro atoms. The molecule has 1 saturated heterocycles. The zero-order valence-corrected chi connectivity index (χ0v) is 21.5. The van der Waals surface area contributed by atoms with Crippen molar-refractivity contribution in [2.75, 3.05) is 48.3 Å². The Labute approximate surface area is 222 Å². The number of hydrogen-bond acceptors (Lipinski definition) is 8. The first-order valence-electron chi connectivity index (χ1n) is 11.7. The molecule has 1 amide bonds. The Balaban J connectivity index is 1.52. The number of nitrogens with zero attached hydrogens (tertiary/aromatic N) is 3. The molecule has 12 heteroatoms. The van der Waals surface area contributed by atoms with Gasteiger partial charge < -0.3 is 25.5 Å². The van der Waals surface area contributed by atoms with Gasteiger partial charge in [-0.2, -0.15) is 0 Å². The lowest BCUT2D eigenvalue weighted by molar-refractivity contribution is -0.137. The van der Waals surface area contributed by atoms with Gasteiger partial charge in [-0.25, -0.2) is 0 Å². The largest absolute Gasteiger partial charge is 0.481 e. The average molecular weight is 546 g/mol. The van der Waals surface area contributed by atoms with Crippen LogP contribution < -0.4 is 26.4 Å². The number of carbonyl (C=O) groups is 2. The van der Waals surface area contributed by atoms with Crippen LogP contribution in [0.2, 0.25) is 10.0 Å². The topological polar surface area (TPSA) is 132 Å². The third-order valence-electron chi connectivity index (χ3n) is 6.37. The quantitative estimate of drug-likeness (QED) is 0.347. The highest BCUT2D eigenvalue weighted by Gasteiger charge is 2.30. The van der Waals surface area contributed by atoms with Crippen LogP contribution in [0.1, 0.15) is 35.3 Å². The lowest BCUT2D eigenvalue weighted by Crippen LogP contribution is -2.51. The second kappa shape index (κ2) is 11.3. The number of anilines is 3. The third kappa shape index (κ3) is 5.76. The molecule has 2 heterocycles. The molecule has 10 nitrogen and oxygen atoms in total. The van der Waals surface area contributed by atoms with Crippen molar-refractivity contribution in [2.24, 2.45) is 0 Å². The van der Waals surface area contributed by atoms with E-state index >= 15 is 0 Å². The molecule has 3 N–H and O–H groups in total. The van der Waals surface area contributed by atoms with Gasteiger partial charge in [0.15, 0.2) is 0 Å². The number of likely N-dealkylation sites (N-methyl/N-ethyl adjacent to an activating group) is 1. The smallest absolute Gasteiger partial charge is 0.305 e. The summed E-state index contributed by atoms with van der Waals surface area (Å²) in [6.45, 7) is 5.74. The van der Waals surface area contributed by atoms with E-state index in [1.54, 1.807) is 24.3 Å². The summed E-state index contributed by atoms with van der Waals surface area (Å²) in [6.07, 6.45) is 2.30. The number of rotatable bonds is 9. The SMILES string of the molecule is CCN1CCN(c2c(N[C@@H](CC(=O)O)c3ccc(NC(=O)c4c(Cl)cncc4Cl)cc3)c(=O)c2=O)CC1. The van der Waals surface area contributed by atoms with Gasteiger partial charge in [-0.05, 0) is 24.2 Å². The molecule has 1 aliphatic rings. The first-order chi connectivity index (χ1) is 17.7. The normalized spacial score (nSPS) is 14.9. The molecule has 0 unspecified atom stereocenters. The Hall–Kier alpha value is -3.47. The van der Waals surface area contributed by atoms with Crippen molar-refractivity contribution in [1.29, 1.82) is 0 Å². The molecule has 0 aliphatic carbocycles. The van der Waals surface area contributed by atoms with Crippen LogP contribution in [-0.4, -0.2) is 59.6 Å². The van der Waals surface area contributed by atoms with Crippen molar-refractivity contribution in [3.8, 4) is 0 Å². The van der Waals surface area contributed by atoms with Crippen LogP contribution in [-0.2, 0) is 4.79 Å². The van der Waals surface area contributed by atoms with E-state index < -0.39 is 28.8 Å². The number of pyridine rings is 1. The fraction of sp³-hybridized carbons (Fsp3) is 0.320. The van der Waals surface area contributed by atoms with Crippen LogP contribution in [0.15, 0.2) is 46.2 Å². The summed E-state index contributed by atoms with van der Waals surface area (Å²) in [6, 6.07) is 5.69. The van der Waals surface area contributed by atoms with Gasteiger partial charge in [0.25, 0.3) is 16.8 Å². The van der Waals surface area contributed by atoms with E-state index in [0.717, 1.165) is 19.6 Å². The highest BCUT2D eigenvalue weighted by Crippen LogP contribution is 2.29. The van der Waals surface area contributed by atoms with Gasteiger partial charge in [-0.3, -0.25) is 24.2 Å². The summed E-state index contributed by atoms with van der Waals surface area (Å²) < 4.78 is 0. The Morgan fingerprint density at radius 3 is 2.22 bits per heavy atom. The van der Waals surface area contributed by atoms with Gasteiger partial charge in [-0.1, -0.05) is 42.3 Å². The minimum atomic E-state index is -1.08. The van der Waals surface area contributed by atoms with E-state index in [1.165, 1.54) is 12.4 Å². The Bertz CT molecular complexity index is 1360. The van der Waals surface area contributed by atoms with Crippen molar-refractivity contribution in [1.82, 2.24) is 9.88 Å². The van der Waals surface area contributed by atoms with Crippen molar-refractivity contribution >= 4 is 52.1 Å². The molecule has 0 saturated carbocycles. The molecule has 2 aromatic carbocycles. The zero-order chi connectivity index (χ0) is 26.7. The van der Waals surface area contributed by atoms with Gasteiger partial charge in [0.05, 0.1) is 28.1 Å². The van der Waals surface area contributed by atoms with Crippen LogP contribution in [0.3, 0.4) is 0 Å². The molecule has 4 rings (SSSR count). The Morgan fingerprint density at radius 2 is 1.65 bits per heavy atom. The van der Waals surface area contributed by atoms with E-state index in [2.05, 4.69) is 27.4 Å². The predicted octanol–water partition coefficient (Wildman–Crippen LogP) is 3.01. The van der Waals surface area contributed by atoms with Crippen LogP contribution in [0.5, 0.6) is 0 Å². The maximum atomic E-state index is 12.6. The fourth-order valence-corrected chi connectivity index (χ4v) is 4.86. The number of nitrogens with one attached hydrogen (secondary N) is 2. The first-order valence-corrected chi connectivity index (χ1v) is 12.4. The van der Waals surface area contributed by atoms with Gasteiger partial charge in [-0.15, -0.1) is 0 Å². The molecule has 0 radical (unpaired) electrons. The molecule has 3 aromatic rings. The molecule has 1 fully saturated rings. The number of amides is 1. The van der Waals surface area contributed by atoms with E-state index in [9.17, 15) is 24.3 Å². The lowest BCUT2D eigenvalue weighted by Gasteiger charge is -2.37. The zero-order valence-electron chi connectivity index (χ0n) is 20.0. The van der Waals surface area contributed by atoms with Crippen LogP contribution in [0.25, 0.3) is 0 Å². The number of carbonyl (C=O) groups excluding carboxylic acids is 1. The van der Waals surface area contributed by atoms with E-state index in [0.29, 0.717) is 30.0 Å². The average Bonchev–Trinajstić information content (AvgIpc) is 2.88. The summed E-state index contributed by atoms with van der Waals surface area (Å²) in [5, 5.41) is 15.4. The van der Waals surface area contributed by atoms with E-state index in [1.807, 2.05) is 4.90 Å². The van der Waals surface area contributed by atoms with Gasteiger partial charge in [0.2, 0.25) is 0 Å². The van der Waals surface area contributed by atoms with E-state index in [4.69, 9.17) is 23.2 Å². The molecule has 194 valence electrons. The number of halogens is 2. The number of aliphatic carboxylic acids is 1. The van der Waals surface area contributed by atoms with Crippen LogP contribution in [0, 0.1) is 0 Å². The molecular weight excluding hydrogens is 521 g/mol. The first kappa shape index (κ1) is 26.6. The maximum absolute atomic E-state index is 12.6. The highest BCUT2D eigenvalue weighted by atomic mass is 35.5. The van der Waals surface area contributed by atoms with Crippen molar-refractivity contribution in [3.63, 3.8) is 0 Å². The monoisotopic (exact) mass is 545 g/mol. The number of carboxylic acids is 1. The van der Waals surface area contributed by atoms with Gasteiger partial charge in [0.1, 0.15) is 11.4 Å². The van der Waals surface area contributed by atoms with Crippen LogP contribution in [0.4, 0.5) is 17.1 Å². The van der Waals surface area contributed by atoms with Gasteiger partial charge in [0, 0.05) is 44.3 Å². The molecule has 37 heavy (non-hydrogen) atoms. The van der Waals surface area contributed by atoms with Crippen molar-refractivity contribution in [2.45, 2.75) is 19.4 Å². The standard InChI is InChI=1S/C25H25Cl2N5O5/c1-2-31-7-9-32(10-8-31)22-21(23(35)24(22)36)30-18(11-19(33)34)14-3-5-15(6-4-14)29-25(37)20-16(26)12-28-13-17(20)27/h3-6,12-13,18,30H,2,7-11H2,1H3,(H,29,37)(H,33,34)/t18-/m0/s1. The Kier molecular flexibility index (Phi) is 8.11. The van der Waals surface area contributed by atoms with Crippen molar-refractivity contribution in [3.05, 3.63) is 78.3 Å². The summed E-state index contributed by atoms with van der Waals surface area (Å²) in [5.74, 6) is -1.60. The highest BCUT2D eigenvalue weighted by molar-refractivity contribution is 6.40. The summed E-state index contributed by atoms with van der Waals surface area (Å²) >= 11 is 12.1. The number of aromatic nitrogens is 1. The minimum absolute atomic E-state index is 0.0835. The Morgan fingerprint density at radius 1 is 1.03 bits per heavy atom. The third-order valence-corrected chi connectivity index (χ3v) is 6.94. The van der Waals surface area contributed by atoms with Gasteiger partial charge >= 0.3 is 5.97 Å². The number of piperazine rings is 1. The molecule has 0 bridgehead atoms. The summed E-state index contributed by atoms with van der Waals surface area (Å²) in [5.41, 5.74) is 0.309. The summed E-state index contributed by atoms with van der Waals surface area (Å²) in [4.78, 5) is 57.0. The predicted molar refractivity (Wildman–Crippen MR) is 143 cm³/mol. The number of hydrogen-bond donors (Lipinski definition) is 3. The minimum Gasteiger partial charge on any atom is -0.481 e. The molecule has 1 aromatic heterocycles.